The molecule has 0 spiro atoms. The molecule has 222 valence electrons. The molecule has 0 aliphatic rings. The summed E-state index contributed by atoms with van der Waals surface area (Å²) in [5, 5.41) is 25.4. The van der Waals surface area contributed by atoms with Crippen molar-refractivity contribution >= 4 is 43.6 Å². The average Bonchev–Trinajstić information content (AvgIpc) is 3.67. The predicted octanol–water partition coefficient (Wildman–Crippen LogP) is 11.0. The van der Waals surface area contributed by atoms with Crippen molar-refractivity contribution in [1.82, 2.24) is 9.13 Å². The fourth-order valence-electron chi connectivity index (χ4n) is 7.30. The van der Waals surface area contributed by atoms with Crippen LogP contribution < -0.4 is 0 Å². The van der Waals surface area contributed by atoms with Gasteiger partial charge in [-0.05, 0) is 65.2 Å². The second-order valence-corrected chi connectivity index (χ2v) is 12.0. The molecule has 2 heterocycles. The Bertz CT molecular complexity index is 2680. The maximum Gasteiger partial charge on any atom is 0.101 e. The van der Waals surface area contributed by atoms with E-state index in [-0.39, 0.29) is 0 Å². The van der Waals surface area contributed by atoms with E-state index < -0.39 is 0 Å². The van der Waals surface area contributed by atoms with Crippen LogP contribution in [0.1, 0.15) is 11.1 Å². The van der Waals surface area contributed by atoms with Crippen LogP contribution in [0.15, 0.2) is 158 Å². The summed E-state index contributed by atoms with van der Waals surface area (Å²) in [6.45, 7) is 0. The lowest BCUT2D eigenvalue weighted by atomic mass is 9.93. The van der Waals surface area contributed by atoms with Crippen LogP contribution in [-0.4, -0.2) is 9.13 Å². The molecule has 9 rings (SSSR count). The molecule has 4 nitrogen and oxygen atoms in total. The smallest absolute Gasteiger partial charge is 0.101 e. The minimum Gasteiger partial charge on any atom is -0.309 e. The number of fused-ring (bicyclic) bond motifs is 6. The van der Waals surface area contributed by atoms with Gasteiger partial charge in [0.25, 0.3) is 0 Å². The van der Waals surface area contributed by atoms with Crippen molar-refractivity contribution in [3.63, 3.8) is 0 Å². The van der Waals surface area contributed by atoms with E-state index in [0.29, 0.717) is 11.1 Å². The number of hydrogen-bond acceptors (Lipinski definition) is 2. The molecule has 0 amide bonds. The van der Waals surface area contributed by atoms with Crippen LogP contribution >= 0.6 is 0 Å². The summed E-state index contributed by atoms with van der Waals surface area (Å²) in [5.41, 5.74) is 11.0. The first-order valence-electron chi connectivity index (χ1n) is 15.9. The maximum atomic E-state index is 10.3. The summed E-state index contributed by atoms with van der Waals surface area (Å²) in [4.78, 5) is 0. The first-order chi connectivity index (χ1) is 23.7. The number of hydrogen-bond donors (Lipinski definition) is 0. The lowest BCUT2D eigenvalue weighted by Crippen LogP contribution is -2.03. The highest BCUT2D eigenvalue weighted by atomic mass is 15.0. The van der Waals surface area contributed by atoms with Gasteiger partial charge in [0.1, 0.15) is 6.07 Å². The lowest BCUT2D eigenvalue weighted by molar-refractivity contribution is 1.17. The standard InChI is InChI=1S/C44H26N4/c45-27-32-21-22-33(28-46)44(48-41-15-7-3-11-37(41)38-12-4-8-16-42(38)48)43(32)31-19-17-29(18-20-31)30-23-25-34(26-24-30)47-39-13-5-1-9-35(39)36-10-2-6-14-40(36)47/h1-26H. The van der Waals surface area contributed by atoms with Crippen LogP contribution in [0.3, 0.4) is 0 Å². The number of para-hydroxylation sites is 4. The number of nitrogens with zero attached hydrogens (tertiary/aromatic N) is 4. The van der Waals surface area contributed by atoms with Gasteiger partial charge in [0.05, 0.1) is 45.0 Å². The van der Waals surface area contributed by atoms with Gasteiger partial charge in [-0.1, -0.05) is 109 Å². The predicted molar refractivity (Wildman–Crippen MR) is 195 cm³/mol. The van der Waals surface area contributed by atoms with Crippen molar-refractivity contribution < 1.29 is 0 Å². The van der Waals surface area contributed by atoms with Crippen molar-refractivity contribution in [1.29, 1.82) is 10.5 Å². The van der Waals surface area contributed by atoms with Crippen molar-refractivity contribution in [2.75, 3.05) is 0 Å². The van der Waals surface area contributed by atoms with Crippen LogP contribution in [0.4, 0.5) is 0 Å². The number of nitriles is 2. The van der Waals surface area contributed by atoms with Crippen LogP contribution in [0.5, 0.6) is 0 Å². The zero-order valence-electron chi connectivity index (χ0n) is 25.8. The summed E-state index contributed by atoms with van der Waals surface area (Å²) >= 11 is 0. The van der Waals surface area contributed by atoms with Gasteiger partial charge in [-0.25, -0.2) is 0 Å². The Kier molecular flexibility index (Phi) is 6.22. The second-order valence-electron chi connectivity index (χ2n) is 12.0. The zero-order chi connectivity index (χ0) is 32.2. The molecule has 0 aliphatic carbocycles. The van der Waals surface area contributed by atoms with Gasteiger partial charge in [-0.15, -0.1) is 0 Å². The van der Waals surface area contributed by atoms with Crippen molar-refractivity contribution in [2.45, 2.75) is 0 Å². The lowest BCUT2D eigenvalue weighted by Gasteiger charge is -2.17. The van der Waals surface area contributed by atoms with Gasteiger partial charge in [-0.2, -0.15) is 10.5 Å². The molecule has 0 unspecified atom stereocenters. The molecule has 7 aromatic carbocycles. The van der Waals surface area contributed by atoms with Gasteiger partial charge in [-0.3, -0.25) is 0 Å². The van der Waals surface area contributed by atoms with E-state index in [1.807, 2.05) is 24.3 Å². The first kappa shape index (κ1) is 27.4. The van der Waals surface area contributed by atoms with E-state index in [2.05, 4.69) is 143 Å². The molecule has 0 radical (unpaired) electrons. The van der Waals surface area contributed by atoms with Crippen LogP contribution in [0, 0.1) is 22.7 Å². The molecule has 48 heavy (non-hydrogen) atoms. The largest absolute Gasteiger partial charge is 0.309 e. The number of benzene rings is 7. The summed E-state index contributed by atoms with van der Waals surface area (Å²) in [7, 11) is 0. The Hall–Kier alpha value is -6.88. The molecule has 0 atom stereocenters. The van der Waals surface area contributed by atoms with E-state index in [0.717, 1.165) is 55.4 Å². The minimum atomic E-state index is 0.514. The highest BCUT2D eigenvalue weighted by Gasteiger charge is 2.21. The summed E-state index contributed by atoms with van der Waals surface area (Å²) in [6, 6.07) is 58.8. The molecular weight excluding hydrogens is 585 g/mol. The highest BCUT2D eigenvalue weighted by molar-refractivity contribution is 6.11. The van der Waals surface area contributed by atoms with E-state index >= 15 is 0 Å². The molecule has 0 saturated carbocycles. The van der Waals surface area contributed by atoms with Gasteiger partial charge in [0.15, 0.2) is 0 Å². The second kappa shape index (κ2) is 10.9. The Morgan fingerprint density at radius 1 is 0.354 bits per heavy atom. The summed E-state index contributed by atoms with van der Waals surface area (Å²) < 4.78 is 4.46. The quantitative estimate of drug-likeness (QED) is 0.199. The fourth-order valence-corrected chi connectivity index (χ4v) is 7.30. The normalized spacial score (nSPS) is 11.3. The van der Waals surface area contributed by atoms with E-state index in [4.69, 9.17) is 0 Å². The van der Waals surface area contributed by atoms with Crippen molar-refractivity contribution in [3.8, 4) is 45.8 Å². The molecular formula is C44H26N4. The summed E-state index contributed by atoms with van der Waals surface area (Å²) in [5.74, 6) is 0. The SMILES string of the molecule is N#Cc1ccc(C#N)c(-n2c3ccccc3c3ccccc32)c1-c1ccc(-c2ccc(-n3c4ccccc4c4ccccc43)cc2)cc1. The first-order valence-corrected chi connectivity index (χ1v) is 15.9. The molecule has 0 fully saturated rings. The van der Waals surface area contributed by atoms with Gasteiger partial charge in [0, 0.05) is 32.8 Å². The number of aromatic nitrogens is 2. The maximum absolute atomic E-state index is 10.3. The van der Waals surface area contributed by atoms with Gasteiger partial charge >= 0.3 is 0 Å². The third-order valence-electron chi connectivity index (χ3n) is 9.44. The van der Waals surface area contributed by atoms with Crippen LogP contribution in [0.25, 0.3) is 77.2 Å². The van der Waals surface area contributed by atoms with Crippen LogP contribution in [-0.2, 0) is 0 Å². The Morgan fingerprint density at radius 2 is 0.729 bits per heavy atom. The topological polar surface area (TPSA) is 57.4 Å². The monoisotopic (exact) mass is 610 g/mol. The van der Waals surface area contributed by atoms with Gasteiger partial charge < -0.3 is 9.13 Å². The average molecular weight is 611 g/mol. The zero-order valence-corrected chi connectivity index (χ0v) is 25.8. The van der Waals surface area contributed by atoms with Crippen molar-refractivity contribution in [3.05, 3.63) is 169 Å². The third kappa shape index (κ3) is 4.07. The van der Waals surface area contributed by atoms with Gasteiger partial charge in [0.2, 0.25) is 0 Å². The molecule has 0 N–H and O–H groups in total. The number of rotatable bonds is 4. The molecule has 4 heteroatoms. The highest BCUT2D eigenvalue weighted by Crippen LogP contribution is 2.40. The molecule has 0 saturated heterocycles. The Balaban J connectivity index is 1.16. The molecule has 2 aromatic heterocycles. The molecule has 9 aromatic rings. The minimum absolute atomic E-state index is 0.514. The van der Waals surface area contributed by atoms with E-state index in [1.165, 1.54) is 21.8 Å². The summed E-state index contributed by atoms with van der Waals surface area (Å²) in [6.07, 6.45) is 0. The Morgan fingerprint density at radius 3 is 1.19 bits per heavy atom. The Labute approximate surface area is 277 Å². The third-order valence-corrected chi connectivity index (χ3v) is 9.44. The van der Waals surface area contributed by atoms with Crippen molar-refractivity contribution in [2.24, 2.45) is 0 Å². The van der Waals surface area contributed by atoms with Crippen LogP contribution in [0.2, 0.25) is 0 Å². The van der Waals surface area contributed by atoms with E-state index in [9.17, 15) is 10.5 Å². The molecule has 0 aliphatic heterocycles. The van der Waals surface area contributed by atoms with E-state index in [1.54, 1.807) is 12.1 Å². The molecule has 0 bridgehead atoms. The fraction of sp³-hybridized carbons (Fsp3) is 0.